The number of rotatable bonds is 12. The molecule has 0 aliphatic rings. The van der Waals surface area contributed by atoms with Gasteiger partial charge in [0, 0.05) is 46.1 Å². The van der Waals surface area contributed by atoms with Crippen LogP contribution < -0.4 is 10.6 Å². The SMILES string of the molecule is CN(C)S(=O)(=O)c1cccc(NC(=O)CN(CCO)CC(=O)Nc2cccc(S(=O)(=O)N(C)C)c2)c1. The third kappa shape index (κ3) is 7.81. The zero-order valence-corrected chi connectivity index (χ0v) is 22.1. The zero-order valence-electron chi connectivity index (χ0n) is 20.5. The molecule has 0 aromatic heterocycles. The molecule has 198 valence electrons. The molecule has 0 saturated heterocycles. The number of aliphatic hydroxyl groups is 1. The summed E-state index contributed by atoms with van der Waals surface area (Å²) < 4.78 is 51.4. The average molecular weight is 542 g/mol. The number of nitrogens with zero attached hydrogens (tertiary/aromatic N) is 3. The van der Waals surface area contributed by atoms with E-state index in [4.69, 9.17) is 0 Å². The summed E-state index contributed by atoms with van der Waals surface area (Å²) in [6, 6.07) is 11.5. The Morgan fingerprint density at radius 2 is 1.14 bits per heavy atom. The van der Waals surface area contributed by atoms with E-state index in [1.807, 2.05) is 0 Å². The Bertz CT molecular complexity index is 1200. The minimum Gasteiger partial charge on any atom is -0.395 e. The van der Waals surface area contributed by atoms with Crippen molar-refractivity contribution in [3.8, 4) is 0 Å². The molecule has 2 aromatic carbocycles. The van der Waals surface area contributed by atoms with Crippen LogP contribution >= 0.6 is 0 Å². The molecule has 0 aliphatic heterocycles. The Hall–Kier alpha value is -2.88. The van der Waals surface area contributed by atoms with E-state index >= 15 is 0 Å². The molecule has 0 unspecified atom stereocenters. The van der Waals surface area contributed by atoms with E-state index < -0.39 is 31.9 Å². The molecule has 0 heterocycles. The maximum Gasteiger partial charge on any atom is 0.242 e. The number of hydrogen-bond acceptors (Lipinski definition) is 8. The van der Waals surface area contributed by atoms with Crippen molar-refractivity contribution in [2.24, 2.45) is 0 Å². The fourth-order valence-electron chi connectivity index (χ4n) is 3.05. The molecule has 0 atom stereocenters. The molecule has 14 heteroatoms. The van der Waals surface area contributed by atoms with Gasteiger partial charge in [-0.15, -0.1) is 0 Å². The Kier molecular flexibility index (Phi) is 10.1. The van der Waals surface area contributed by atoms with Crippen LogP contribution in [0, 0.1) is 0 Å². The first kappa shape index (κ1) is 29.4. The van der Waals surface area contributed by atoms with E-state index in [9.17, 15) is 31.5 Å². The number of benzene rings is 2. The third-order valence-corrected chi connectivity index (χ3v) is 8.57. The molecule has 2 amide bonds. The van der Waals surface area contributed by atoms with Crippen molar-refractivity contribution in [1.29, 1.82) is 0 Å². The summed E-state index contributed by atoms with van der Waals surface area (Å²) in [6.45, 7) is -0.806. The van der Waals surface area contributed by atoms with E-state index in [0.717, 1.165) is 8.61 Å². The van der Waals surface area contributed by atoms with Gasteiger partial charge in [-0.05, 0) is 36.4 Å². The summed E-state index contributed by atoms with van der Waals surface area (Å²) >= 11 is 0. The molecule has 0 bridgehead atoms. The highest BCUT2D eigenvalue weighted by Gasteiger charge is 2.20. The number of amides is 2. The summed E-state index contributed by atoms with van der Waals surface area (Å²) in [5.41, 5.74) is 0.519. The van der Waals surface area contributed by atoms with Crippen LogP contribution in [-0.4, -0.2) is 102 Å². The highest BCUT2D eigenvalue weighted by atomic mass is 32.2. The Labute approximate surface area is 211 Å². The van der Waals surface area contributed by atoms with Gasteiger partial charge in [-0.2, -0.15) is 0 Å². The maximum atomic E-state index is 12.6. The predicted octanol–water partition coefficient (Wildman–Crippen LogP) is 0.0587. The number of sulfonamides is 2. The van der Waals surface area contributed by atoms with Gasteiger partial charge in [0.25, 0.3) is 0 Å². The Morgan fingerprint density at radius 3 is 1.47 bits per heavy atom. The first-order valence-corrected chi connectivity index (χ1v) is 13.6. The molecular weight excluding hydrogens is 510 g/mol. The van der Waals surface area contributed by atoms with Gasteiger partial charge < -0.3 is 15.7 Å². The van der Waals surface area contributed by atoms with E-state index in [2.05, 4.69) is 10.6 Å². The van der Waals surface area contributed by atoms with Gasteiger partial charge in [-0.25, -0.2) is 25.4 Å². The van der Waals surface area contributed by atoms with E-state index in [0.29, 0.717) is 0 Å². The highest BCUT2D eigenvalue weighted by Crippen LogP contribution is 2.19. The minimum absolute atomic E-state index is 0.00963. The van der Waals surface area contributed by atoms with Crippen molar-refractivity contribution in [3.63, 3.8) is 0 Å². The monoisotopic (exact) mass is 541 g/mol. The summed E-state index contributed by atoms with van der Waals surface area (Å²) in [7, 11) is -1.77. The molecule has 12 nitrogen and oxygen atoms in total. The quantitative estimate of drug-likeness (QED) is 0.341. The minimum atomic E-state index is -3.68. The fraction of sp³-hybridized carbons (Fsp3) is 0.364. The van der Waals surface area contributed by atoms with Gasteiger partial charge in [0.2, 0.25) is 31.9 Å². The normalized spacial score (nSPS) is 12.2. The van der Waals surface area contributed by atoms with Crippen LogP contribution in [0.25, 0.3) is 0 Å². The smallest absolute Gasteiger partial charge is 0.242 e. The van der Waals surface area contributed by atoms with Gasteiger partial charge in [-0.1, -0.05) is 12.1 Å². The lowest BCUT2D eigenvalue weighted by molar-refractivity contribution is -0.120. The van der Waals surface area contributed by atoms with Crippen LogP contribution in [0.5, 0.6) is 0 Å². The van der Waals surface area contributed by atoms with Gasteiger partial charge in [0.15, 0.2) is 0 Å². The highest BCUT2D eigenvalue weighted by molar-refractivity contribution is 7.89. The fourth-order valence-corrected chi connectivity index (χ4v) is 4.95. The lowest BCUT2D eigenvalue weighted by atomic mass is 10.3. The Morgan fingerprint density at radius 1 is 0.750 bits per heavy atom. The van der Waals surface area contributed by atoms with Crippen molar-refractivity contribution in [3.05, 3.63) is 48.5 Å². The first-order valence-electron chi connectivity index (χ1n) is 10.8. The van der Waals surface area contributed by atoms with Crippen molar-refractivity contribution in [2.45, 2.75) is 9.79 Å². The molecule has 0 radical (unpaired) electrons. The second-order valence-electron chi connectivity index (χ2n) is 8.16. The lowest BCUT2D eigenvalue weighted by Gasteiger charge is -2.20. The summed E-state index contributed by atoms with van der Waals surface area (Å²) in [5.74, 6) is -1.04. The molecule has 0 saturated carbocycles. The topological polar surface area (TPSA) is 156 Å². The molecule has 0 aliphatic carbocycles. The Balaban J connectivity index is 2.05. The number of anilines is 2. The number of nitrogens with one attached hydrogen (secondary N) is 2. The van der Waals surface area contributed by atoms with Gasteiger partial charge in [0.1, 0.15) is 0 Å². The van der Waals surface area contributed by atoms with Crippen molar-refractivity contribution >= 4 is 43.2 Å². The van der Waals surface area contributed by atoms with Gasteiger partial charge in [-0.3, -0.25) is 14.5 Å². The second-order valence-corrected chi connectivity index (χ2v) is 12.5. The lowest BCUT2D eigenvalue weighted by Crippen LogP contribution is -2.40. The predicted molar refractivity (Wildman–Crippen MR) is 135 cm³/mol. The molecule has 0 fully saturated rings. The van der Waals surface area contributed by atoms with Crippen molar-refractivity contribution in [2.75, 3.05) is 65.1 Å². The number of carbonyl (C=O) groups is 2. The molecule has 0 spiro atoms. The van der Waals surface area contributed by atoms with E-state index in [1.54, 1.807) is 0 Å². The standard InChI is InChI=1S/C22H31N5O7S2/c1-25(2)35(31,32)19-9-5-7-17(13-19)23-21(29)15-27(11-12-28)16-22(30)24-18-8-6-10-20(14-18)36(33,34)26(3)4/h5-10,13-14,28H,11-12,15-16H2,1-4H3,(H,23,29)(H,24,30). The van der Waals surface area contributed by atoms with Crippen molar-refractivity contribution < 1.29 is 31.5 Å². The van der Waals surface area contributed by atoms with Crippen LogP contribution in [0.3, 0.4) is 0 Å². The van der Waals surface area contributed by atoms with Crippen LogP contribution in [0.1, 0.15) is 0 Å². The second kappa shape index (κ2) is 12.4. The van der Waals surface area contributed by atoms with Crippen LogP contribution in [-0.2, 0) is 29.6 Å². The molecule has 2 rings (SSSR count). The number of aliphatic hydroxyl groups excluding tert-OH is 1. The molecule has 3 N–H and O–H groups in total. The van der Waals surface area contributed by atoms with Crippen molar-refractivity contribution in [1.82, 2.24) is 13.5 Å². The first-order chi connectivity index (χ1) is 16.8. The molecule has 2 aromatic rings. The average Bonchev–Trinajstić information content (AvgIpc) is 2.79. The molecule has 36 heavy (non-hydrogen) atoms. The number of hydrogen-bond donors (Lipinski definition) is 3. The van der Waals surface area contributed by atoms with Crippen LogP contribution in [0.2, 0.25) is 0 Å². The third-order valence-electron chi connectivity index (χ3n) is 4.94. The van der Waals surface area contributed by atoms with Gasteiger partial charge in [0.05, 0.1) is 29.5 Å². The van der Waals surface area contributed by atoms with Gasteiger partial charge >= 0.3 is 0 Å². The zero-order chi connectivity index (χ0) is 27.1. The number of carbonyl (C=O) groups excluding carboxylic acids is 2. The van der Waals surface area contributed by atoms with Crippen LogP contribution in [0.15, 0.2) is 58.3 Å². The summed E-state index contributed by atoms with van der Waals surface area (Å²) in [6.07, 6.45) is 0. The molecular formula is C22H31N5O7S2. The maximum absolute atomic E-state index is 12.6. The summed E-state index contributed by atoms with van der Waals surface area (Å²) in [5, 5.41) is 14.5. The van der Waals surface area contributed by atoms with E-state index in [-0.39, 0.29) is 47.4 Å². The van der Waals surface area contributed by atoms with E-state index in [1.165, 1.54) is 81.6 Å². The largest absolute Gasteiger partial charge is 0.395 e. The van der Waals surface area contributed by atoms with Crippen LogP contribution in [0.4, 0.5) is 11.4 Å². The summed E-state index contributed by atoms with van der Waals surface area (Å²) in [4.78, 5) is 26.5.